The average Bonchev–Trinajstić information content (AvgIpc) is 2.94. The predicted molar refractivity (Wildman–Crippen MR) is 137 cm³/mol. The van der Waals surface area contributed by atoms with Crippen molar-refractivity contribution >= 4 is 0 Å². The van der Waals surface area contributed by atoms with Crippen molar-refractivity contribution in [2.75, 3.05) is 21.3 Å². The largest absolute Gasteiger partial charge is 0.376 e. The van der Waals surface area contributed by atoms with Crippen LogP contribution in [0.15, 0.2) is 91.0 Å². The fraction of sp³-hybridized carbons (Fsp3) is 0.400. The van der Waals surface area contributed by atoms with Crippen LogP contribution in [0.2, 0.25) is 0 Å². The predicted octanol–water partition coefficient (Wildman–Crippen LogP) is 4.80. The Balaban J connectivity index is 1.60. The van der Waals surface area contributed by atoms with Gasteiger partial charge in [-0.2, -0.15) is 0 Å². The summed E-state index contributed by atoms with van der Waals surface area (Å²) in [5, 5.41) is 0. The first-order valence-electron chi connectivity index (χ1n) is 12.3. The second kappa shape index (κ2) is 13.7. The third-order valence-electron chi connectivity index (χ3n) is 6.62. The Labute approximate surface area is 214 Å². The van der Waals surface area contributed by atoms with Crippen molar-refractivity contribution in [1.82, 2.24) is 0 Å². The van der Waals surface area contributed by atoms with E-state index < -0.39 is 36.6 Å². The summed E-state index contributed by atoms with van der Waals surface area (Å²) in [5.41, 5.74) is 3.21. The standard InChI is InChI=1S/C30H36O6/c1-31-25-26(32-2)29(35-20-23-15-9-5-10-16-23)30(36-21-24-17-11-6-12-18-24)27(33-3)28(25)34-19-22-13-7-4-8-14-22/h4-18,25-30H,19-21H2,1-3H3/t25-,26+,27-,28+,29+,30+/m1/s1. The molecule has 6 heteroatoms. The summed E-state index contributed by atoms with van der Waals surface area (Å²) in [6, 6.07) is 30.2. The molecule has 1 aliphatic carbocycles. The molecule has 0 radical (unpaired) electrons. The number of hydrogen-bond donors (Lipinski definition) is 0. The molecule has 0 spiro atoms. The number of ether oxygens (including phenoxy) is 6. The normalized spacial score (nSPS) is 26.1. The summed E-state index contributed by atoms with van der Waals surface area (Å²) < 4.78 is 37.4. The fourth-order valence-electron chi connectivity index (χ4n) is 4.80. The molecule has 192 valence electrons. The van der Waals surface area contributed by atoms with Gasteiger partial charge in [0.2, 0.25) is 0 Å². The van der Waals surface area contributed by atoms with Crippen LogP contribution in [-0.4, -0.2) is 58.0 Å². The molecule has 0 aromatic heterocycles. The molecule has 0 aliphatic heterocycles. The third kappa shape index (κ3) is 6.59. The highest BCUT2D eigenvalue weighted by molar-refractivity contribution is 5.16. The minimum Gasteiger partial charge on any atom is -0.376 e. The van der Waals surface area contributed by atoms with Crippen LogP contribution in [0.5, 0.6) is 0 Å². The Bertz CT molecular complexity index is 1000. The van der Waals surface area contributed by atoms with Crippen LogP contribution in [-0.2, 0) is 48.2 Å². The van der Waals surface area contributed by atoms with Crippen molar-refractivity contribution in [3.63, 3.8) is 0 Å². The SMILES string of the molecule is CO[C@@H]1[C@H](OC)[C@H](OCc2ccccc2)[C@@H](OCc2ccccc2)[C@H](OC)[C@H]1OCc1ccccc1. The molecule has 0 unspecified atom stereocenters. The van der Waals surface area contributed by atoms with Gasteiger partial charge in [0.15, 0.2) is 0 Å². The van der Waals surface area contributed by atoms with E-state index >= 15 is 0 Å². The highest BCUT2D eigenvalue weighted by Gasteiger charge is 2.54. The van der Waals surface area contributed by atoms with Crippen LogP contribution in [0, 0.1) is 0 Å². The lowest BCUT2D eigenvalue weighted by molar-refractivity contribution is -0.276. The molecular weight excluding hydrogens is 456 g/mol. The molecule has 1 saturated carbocycles. The Morgan fingerprint density at radius 1 is 0.389 bits per heavy atom. The molecular formula is C30H36O6. The van der Waals surface area contributed by atoms with Crippen molar-refractivity contribution in [1.29, 1.82) is 0 Å². The molecule has 6 nitrogen and oxygen atoms in total. The van der Waals surface area contributed by atoms with E-state index in [2.05, 4.69) is 0 Å². The number of methoxy groups -OCH3 is 3. The van der Waals surface area contributed by atoms with Crippen LogP contribution < -0.4 is 0 Å². The molecule has 0 N–H and O–H groups in total. The first-order chi connectivity index (χ1) is 17.7. The minimum absolute atomic E-state index is 0.413. The van der Waals surface area contributed by atoms with Crippen molar-refractivity contribution in [3.05, 3.63) is 108 Å². The molecule has 1 fully saturated rings. The van der Waals surface area contributed by atoms with Gasteiger partial charge in [-0.25, -0.2) is 0 Å². The summed E-state index contributed by atoms with van der Waals surface area (Å²) in [6.45, 7) is 1.25. The van der Waals surface area contributed by atoms with Crippen molar-refractivity contribution in [2.45, 2.75) is 56.4 Å². The smallest absolute Gasteiger partial charge is 0.115 e. The summed E-state index contributed by atoms with van der Waals surface area (Å²) in [7, 11) is 5.02. The Morgan fingerprint density at radius 3 is 0.917 bits per heavy atom. The lowest BCUT2D eigenvalue weighted by atomic mass is 9.83. The van der Waals surface area contributed by atoms with Crippen LogP contribution in [0.25, 0.3) is 0 Å². The molecule has 0 amide bonds. The van der Waals surface area contributed by atoms with Gasteiger partial charge >= 0.3 is 0 Å². The first-order valence-corrected chi connectivity index (χ1v) is 12.3. The summed E-state index contributed by atoms with van der Waals surface area (Å²) in [5.74, 6) is 0. The van der Waals surface area contributed by atoms with Crippen molar-refractivity contribution in [3.8, 4) is 0 Å². The van der Waals surface area contributed by atoms with E-state index in [-0.39, 0.29) is 0 Å². The van der Waals surface area contributed by atoms with Gasteiger partial charge in [-0.3, -0.25) is 0 Å². The van der Waals surface area contributed by atoms with E-state index in [9.17, 15) is 0 Å². The first kappa shape index (κ1) is 26.5. The molecule has 0 bridgehead atoms. The van der Waals surface area contributed by atoms with E-state index in [1.165, 1.54) is 0 Å². The van der Waals surface area contributed by atoms with Crippen molar-refractivity contribution in [2.24, 2.45) is 0 Å². The van der Waals surface area contributed by atoms with Gasteiger partial charge in [-0.05, 0) is 16.7 Å². The maximum absolute atomic E-state index is 6.52. The zero-order chi connectivity index (χ0) is 25.2. The summed E-state index contributed by atoms with van der Waals surface area (Å²) >= 11 is 0. The van der Waals surface area contributed by atoms with Gasteiger partial charge in [0.05, 0.1) is 19.8 Å². The minimum atomic E-state index is -0.448. The number of hydrogen-bond acceptors (Lipinski definition) is 6. The maximum Gasteiger partial charge on any atom is 0.115 e. The lowest BCUT2D eigenvalue weighted by Gasteiger charge is -2.48. The second-order valence-corrected chi connectivity index (χ2v) is 8.88. The van der Waals surface area contributed by atoms with Crippen molar-refractivity contribution < 1.29 is 28.4 Å². The Kier molecular flexibility index (Phi) is 10.0. The molecule has 4 rings (SSSR count). The quantitative estimate of drug-likeness (QED) is 0.362. The Morgan fingerprint density at radius 2 is 0.639 bits per heavy atom. The molecule has 1 aliphatic rings. The topological polar surface area (TPSA) is 55.4 Å². The number of rotatable bonds is 12. The molecule has 36 heavy (non-hydrogen) atoms. The van der Waals surface area contributed by atoms with E-state index in [1.807, 2.05) is 91.0 Å². The monoisotopic (exact) mass is 492 g/mol. The zero-order valence-electron chi connectivity index (χ0n) is 21.2. The van der Waals surface area contributed by atoms with E-state index in [1.54, 1.807) is 21.3 Å². The van der Waals surface area contributed by atoms with Gasteiger partial charge in [0.25, 0.3) is 0 Å². The fourth-order valence-corrected chi connectivity index (χ4v) is 4.80. The van der Waals surface area contributed by atoms with Crippen LogP contribution in [0.4, 0.5) is 0 Å². The molecule has 0 heterocycles. The molecule has 0 saturated heterocycles. The lowest BCUT2D eigenvalue weighted by Crippen LogP contribution is -2.67. The van der Waals surface area contributed by atoms with Crippen LogP contribution >= 0.6 is 0 Å². The van der Waals surface area contributed by atoms with Gasteiger partial charge in [0, 0.05) is 21.3 Å². The van der Waals surface area contributed by atoms with Gasteiger partial charge < -0.3 is 28.4 Å². The zero-order valence-corrected chi connectivity index (χ0v) is 21.2. The van der Waals surface area contributed by atoms with Crippen LogP contribution in [0.3, 0.4) is 0 Å². The molecule has 3 aromatic rings. The number of benzene rings is 3. The summed E-state index contributed by atoms with van der Waals surface area (Å²) in [4.78, 5) is 0. The maximum atomic E-state index is 6.52. The van der Waals surface area contributed by atoms with Gasteiger partial charge in [-0.1, -0.05) is 91.0 Å². The second-order valence-electron chi connectivity index (χ2n) is 8.88. The third-order valence-corrected chi connectivity index (χ3v) is 6.62. The van der Waals surface area contributed by atoms with E-state index in [0.717, 1.165) is 16.7 Å². The average molecular weight is 493 g/mol. The Hall–Kier alpha value is -2.58. The van der Waals surface area contributed by atoms with Gasteiger partial charge in [-0.15, -0.1) is 0 Å². The van der Waals surface area contributed by atoms with Crippen LogP contribution in [0.1, 0.15) is 16.7 Å². The highest BCUT2D eigenvalue weighted by atomic mass is 16.6. The van der Waals surface area contributed by atoms with Gasteiger partial charge in [0.1, 0.15) is 36.6 Å². The van der Waals surface area contributed by atoms with E-state index in [0.29, 0.717) is 19.8 Å². The van der Waals surface area contributed by atoms with E-state index in [4.69, 9.17) is 28.4 Å². The summed E-state index contributed by atoms with van der Waals surface area (Å²) in [6.07, 6.45) is -2.59. The molecule has 3 aromatic carbocycles. The highest BCUT2D eigenvalue weighted by Crippen LogP contribution is 2.34. The molecule has 6 atom stereocenters.